The molecule has 6 rings (SSSR count). The summed E-state index contributed by atoms with van der Waals surface area (Å²) in [5, 5.41) is 11.3. The van der Waals surface area contributed by atoms with Crippen LogP contribution in [0.15, 0.2) is 36.5 Å². The van der Waals surface area contributed by atoms with E-state index in [9.17, 15) is 9.59 Å². The number of carbonyl (C=O) groups is 2. The number of hydrogen-bond acceptors (Lipinski definition) is 9. The summed E-state index contributed by atoms with van der Waals surface area (Å²) < 4.78 is 36.6. The van der Waals surface area contributed by atoms with E-state index in [1.165, 1.54) is 5.56 Å². The fourth-order valence-corrected chi connectivity index (χ4v) is 8.34. The number of urea groups is 1. The number of methoxy groups -OCH3 is 3. The summed E-state index contributed by atoms with van der Waals surface area (Å²) in [4.78, 5) is 23.7. The highest BCUT2D eigenvalue weighted by Crippen LogP contribution is 2.40. The molecule has 0 spiro atoms. The van der Waals surface area contributed by atoms with Crippen molar-refractivity contribution in [1.82, 2.24) is 16.0 Å². The number of rotatable bonds is 18. The topological polar surface area (TPSA) is 129 Å². The summed E-state index contributed by atoms with van der Waals surface area (Å²) in [7, 11) is 4.96. The number of thioether (sulfide) groups is 1. The van der Waals surface area contributed by atoms with Gasteiger partial charge in [-0.3, -0.25) is 4.79 Å². The SMILES string of the molecule is COc1cc2c(cc1OC)-c1cc3ccc(OC)c(OCCOCCOCCNC(=O)CCCC[C@@H]4SC[C@@H]5NC(=O)N[C@@H]54)c3c[n+]1CC2. The Morgan fingerprint density at radius 3 is 2.53 bits per heavy atom. The van der Waals surface area contributed by atoms with Crippen LogP contribution < -0.4 is 39.5 Å². The lowest BCUT2D eigenvalue weighted by Gasteiger charge is -2.19. The predicted octanol–water partition coefficient (Wildman–Crippen LogP) is 3.63. The molecule has 3 atom stereocenters. The number of ether oxygens (including phenoxy) is 6. The zero-order valence-electron chi connectivity index (χ0n) is 28.5. The number of carbonyl (C=O) groups excluding carboxylic acids is 2. The van der Waals surface area contributed by atoms with Crippen molar-refractivity contribution in [2.75, 3.05) is 66.7 Å². The zero-order valence-corrected chi connectivity index (χ0v) is 29.3. The van der Waals surface area contributed by atoms with E-state index < -0.39 is 0 Å². The largest absolute Gasteiger partial charge is 0.493 e. The molecule has 264 valence electrons. The van der Waals surface area contributed by atoms with Crippen LogP contribution in [0, 0.1) is 0 Å². The molecule has 13 heteroatoms. The van der Waals surface area contributed by atoms with Crippen LogP contribution in [0.25, 0.3) is 22.0 Å². The van der Waals surface area contributed by atoms with Crippen LogP contribution in [0.2, 0.25) is 0 Å². The molecule has 2 aromatic carbocycles. The number of unbranched alkanes of at least 4 members (excludes halogenated alkanes) is 1. The van der Waals surface area contributed by atoms with E-state index in [-0.39, 0.29) is 24.0 Å². The summed E-state index contributed by atoms with van der Waals surface area (Å²) in [6.07, 6.45) is 6.33. The summed E-state index contributed by atoms with van der Waals surface area (Å²) in [5.74, 6) is 3.81. The summed E-state index contributed by atoms with van der Waals surface area (Å²) in [6.45, 7) is 3.35. The van der Waals surface area contributed by atoms with Gasteiger partial charge in [-0.2, -0.15) is 16.3 Å². The van der Waals surface area contributed by atoms with Crippen molar-refractivity contribution in [2.45, 2.75) is 56.0 Å². The molecule has 0 aliphatic carbocycles. The van der Waals surface area contributed by atoms with Crippen LogP contribution in [0.1, 0.15) is 31.2 Å². The highest BCUT2D eigenvalue weighted by molar-refractivity contribution is 8.00. The minimum absolute atomic E-state index is 0.0401. The van der Waals surface area contributed by atoms with Gasteiger partial charge in [-0.1, -0.05) is 6.42 Å². The van der Waals surface area contributed by atoms with Gasteiger partial charge in [0.25, 0.3) is 0 Å². The second kappa shape index (κ2) is 16.6. The first kappa shape index (κ1) is 34.9. The maximum absolute atomic E-state index is 12.2. The van der Waals surface area contributed by atoms with E-state index in [1.54, 1.807) is 21.3 Å². The maximum Gasteiger partial charge on any atom is 0.315 e. The van der Waals surface area contributed by atoms with Crippen LogP contribution in [0.3, 0.4) is 0 Å². The third-order valence-electron chi connectivity index (χ3n) is 9.30. The van der Waals surface area contributed by atoms with Crippen LogP contribution in [-0.4, -0.2) is 95.9 Å². The van der Waals surface area contributed by atoms with Crippen molar-refractivity contribution < 1.29 is 42.6 Å². The van der Waals surface area contributed by atoms with Gasteiger partial charge in [0.05, 0.1) is 70.8 Å². The van der Waals surface area contributed by atoms with E-state index in [0.29, 0.717) is 68.5 Å². The molecule has 2 saturated heterocycles. The number of pyridine rings is 1. The van der Waals surface area contributed by atoms with Gasteiger partial charge in [-0.15, -0.1) is 0 Å². The monoisotopic (exact) mass is 695 g/mol. The fourth-order valence-electron chi connectivity index (χ4n) is 6.79. The fraction of sp³-hybridized carbons (Fsp3) is 0.528. The Morgan fingerprint density at radius 1 is 0.939 bits per heavy atom. The molecule has 3 aromatic rings. The van der Waals surface area contributed by atoms with E-state index >= 15 is 0 Å². The maximum atomic E-state index is 12.2. The average Bonchev–Trinajstić information content (AvgIpc) is 3.68. The summed E-state index contributed by atoms with van der Waals surface area (Å²) in [6, 6.07) is 10.7. The number of nitrogens with one attached hydrogen (secondary N) is 3. The Hall–Kier alpha value is -3.94. The minimum atomic E-state index is -0.0603. The number of fused-ring (bicyclic) bond motifs is 5. The van der Waals surface area contributed by atoms with Gasteiger partial charge in [0, 0.05) is 36.5 Å². The first-order valence-electron chi connectivity index (χ1n) is 17.0. The molecule has 0 radical (unpaired) electrons. The molecule has 0 bridgehead atoms. The lowest BCUT2D eigenvalue weighted by molar-refractivity contribution is -0.686. The smallest absolute Gasteiger partial charge is 0.315 e. The van der Waals surface area contributed by atoms with E-state index in [1.807, 2.05) is 30.0 Å². The zero-order chi connectivity index (χ0) is 34.2. The Labute approximate surface area is 291 Å². The minimum Gasteiger partial charge on any atom is -0.493 e. The van der Waals surface area contributed by atoms with Crippen molar-refractivity contribution in [3.63, 3.8) is 0 Å². The van der Waals surface area contributed by atoms with Crippen molar-refractivity contribution in [3.05, 3.63) is 42.1 Å². The Morgan fingerprint density at radius 2 is 1.71 bits per heavy atom. The van der Waals surface area contributed by atoms with Gasteiger partial charge in [0.2, 0.25) is 11.6 Å². The number of aryl methyl sites for hydroxylation is 2. The van der Waals surface area contributed by atoms with Crippen molar-refractivity contribution in [1.29, 1.82) is 0 Å². The molecule has 12 nitrogen and oxygen atoms in total. The van der Waals surface area contributed by atoms with Gasteiger partial charge >= 0.3 is 6.03 Å². The number of aromatic nitrogens is 1. The van der Waals surface area contributed by atoms with Crippen molar-refractivity contribution >= 4 is 34.5 Å². The molecule has 1 aromatic heterocycles. The van der Waals surface area contributed by atoms with Gasteiger partial charge in [0.1, 0.15) is 6.61 Å². The highest BCUT2D eigenvalue weighted by Gasteiger charge is 2.42. The number of benzene rings is 2. The summed E-state index contributed by atoms with van der Waals surface area (Å²) >= 11 is 1.90. The number of hydrogen-bond donors (Lipinski definition) is 3. The summed E-state index contributed by atoms with van der Waals surface area (Å²) in [5.41, 5.74) is 3.47. The van der Waals surface area contributed by atoms with Crippen molar-refractivity contribution in [2.24, 2.45) is 0 Å². The first-order valence-corrected chi connectivity index (χ1v) is 18.1. The molecule has 4 heterocycles. The van der Waals surface area contributed by atoms with Crippen LogP contribution in [0.4, 0.5) is 4.79 Å². The first-order chi connectivity index (χ1) is 24.0. The molecule has 3 aliphatic heterocycles. The van der Waals surface area contributed by atoms with E-state index in [4.69, 9.17) is 28.4 Å². The van der Waals surface area contributed by atoms with E-state index in [2.05, 4.69) is 38.8 Å². The predicted molar refractivity (Wildman–Crippen MR) is 187 cm³/mol. The Balaban J connectivity index is 0.883. The third kappa shape index (κ3) is 8.27. The molecule has 3 amide bonds. The van der Waals surface area contributed by atoms with Gasteiger partial charge in [-0.05, 0) is 48.1 Å². The number of nitrogens with zero attached hydrogens (tertiary/aromatic N) is 1. The lowest BCUT2D eigenvalue weighted by Crippen LogP contribution is -2.40. The van der Waals surface area contributed by atoms with Crippen LogP contribution in [-0.2, 0) is 27.2 Å². The average molecular weight is 696 g/mol. The van der Waals surface area contributed by atoms with Gasteiger partial charge in [0.15, 0.2) is 35.7 Å². The second-order valence-electron chi connectivity index (χ2n) is 12.4. The van der Waals surface area contributed by atoms with Gasteiger partial charge in [-0.25, -0.2) is 4.79 Å². The molecule has 3 aliphatic rings. The quantitative estimate of drug-likeness (QED) is 0.104. The highest BCUT2D eigenvalue weighted by atomic mass is 32.2. The van der Waals surface area contributed by atoms with E-state index in [0.717, 1.165) is 65.8 Å². The molecular formula is C36H47N4O8S+. The molecule has 49 heavy (non-hydrogen) atoms. The number of amides is 3. The third-order valence-corrected chi connectivity index (χ3v) is 10.8. The molecular weight excluding hydrogens is 648 g/mol. The standard InChI is InChI=1S/C36H46N4O8S/c1-43-29-9-8-23-18-28-25-20-31(45-3)30(44-2)19-24(25)10-12-40(28)21-26(23)35(29)48-17-16-47-15-14-46-13-11-37-33(41)7-5-4-6-32-34-27(22-49-32)38-36(42)39-34/h8-9,18-21,27,32,34H,4-7,10-17,22H2,1-3H3,(H2-,37,38,39,41,42)/p+1/t27-,32-,34-/m0/s1. The molecule has 0 unspecified atom stereocenters. The molecule has 2 fully saturated rings. The Bertz CT molecular complexity index is 1640. The van der Waals surface area contributed by atoms with Gasteiger partial charge < -0.3 is 44.4 Å². The Kier molecular flexibility index (Phi) is 11.9. The normalized spacial score (nSPS) is 19.0. The lowest BCUT2D eigenvalue weighted by atomic mass is 9.95. The molecule has 3 N–H and O–H groups in total. The molecule has 0 saturated carbocycles. The van der Waals surface area contributed by atoms with Crippen LogP contribution >= 0.6 is 11.8 Å². The van der Waals surface area contributed by atoms with Crippen molar-refractivity contribution in [3.8, 4) is 34.3 Å². The second-order valence-corrected chi connectivity index (χ2v) is 13.6. The van der Waals surface area contributed by atoms with Crippen LogP contribution in [0.5, 0.6) is 23.0 Å².